The second-order valence-corrected chi connectivity index (χ2v) is 7.89. The zero-order chi connectivity index (χ0) is 20.8. The molecule has 1 heterocycles. The maximum absolute atomic E-state index is 11.8. The van der Waals surface area contributed by atoms with Gasteiger partial charge in [0.05, 0.1) is 12.2 Å². The summed E-state index contributed by atoms with van der Waals surface area (Å²) in [7, 11) is 0. The third-order valence-corrected chi connectivity index (χ3v) is 4.63. The van der Waals surface area contributed by atoms with Crippen LogP contribution in [0.4, 0.5) is 0 Å². The third kappa shape index (κ3) is 7.09. The minimum atomic E-state index is -1.84. The summed E-state index contributed by atoms with van der Waals surface area (Å²) in [5, 5.41) is 30.2. The molecule has 0 amide bonds. The summed E-state index contributed by atoms with van der Waals surface area (Å²) in [5.41, 5.74) is 1.30. The minimum Gasteiger partial charge on any atom is -0.459 e. The first-order valence-electron chi connectivity index (χ1n) is 9.49. The van der Waals surface area contributed by atoms with Crippen LogP contribution in [0.1, 0.15) is 54.4 Å². The highest BCUT2D eigenvalue weighted by Gasteiger charge is 2.42. The molecule has 0 aromatic rings. The van der Waals surface area contributed by atoms with Crippen molar-refractivity contribution in [1.29, 1.82) is 0 Å². The van der Waals surface area contributed by atoms with E-state index in [4.69, 9.17) is 4.74 Å². The maximum Gasteiger partial charge on any atom is 0.269 e. The maximum atomic E-state index is 11.8. The predicted octanol–water partition coefficient (Wildman–Crippen LogP) is 3.42. The summed E-state index contributed by atoms with van der Waals surface area (Å²) in [6.07, 6.45) is 8.71. The van der Waals surface area contributed by atoms with Crippen LogP contribution in [-0.2, 0) is 9.53 Å². The number of aliphatic hydroxyl groups is 3. The van der Waals surface area contributed by atoms with Gasteiger partial charge in [-0.05, 0) is 31.8 Å². The molecular formula is C22H34O5. The van der Waals surface area contributed by atoms with Crippen molar-refractivity contribution in [3.63, 3.8) is 0 Å². The number of ketones is 1. The van der Waals surface area contributed by atoms with Crippen molar-refractivity contribution >= 4 is 5.78 Å². The number of allylic oxidation sites excluding steroid dienone is 3. The lowest BCUT2D eigenvalue weighted by molar-refractivity contribution is -0.171. The molecule has 3 unspecified atom stereocenters. The number of ether oxygens (including phenoxy) is 1. The van der Waals surface area contributed by atoms with Gasteiger partial charge in [-0.3, -0.25) is 4.79 Å². The van der Waals surface area contributed by atoms with Crippen LogP contribution in [0.25, 0.3) is 0 Å². The average molecular weight is 379 g/mol. The van der Waals surface area contributed by atoms with Crippen molar-refractivity contribution in [2.24, 2.45) is 11.8 Å². The Bertz CT molecular complexity index is 637. The van der Waals surface area contributed by atoms with Gasteiger partial charge in [-0.25, -0.2) is 0 Å². The Balaban J connectivity index is 2.55. The van der Waals surface area contributed by atoms with E-state index in [0.29, 0.717) is 17.3 Å². The van der Waals surface area contributed by atoms with E-state index < -0.39 is 23.8 Å². The van der Waals surface area contributed by atoms with Gasteiger partial charge in [0, 0.05) is 24.8 Å². The SMILES string of the molecule is CC1=C(C[C@H](O)/C=C\C=C\C(C)C(O)/C(C)=C/CC(C)C)OC(C)(O)C1=O. The highest BCUT2D eigenvalue weighted by atomic mass is 16.6. The van der Waals surface area contributed by atoms with Crippen molar-refractivity contribution in [2.75, 3.05) is 0 Å². The average Bonchev–Trinajstić information content (AvgIpc) is 2.78. The molecule has 152 valence electrons. The molecule has 0 fully saturated rings. The largest absolute Gasteiger partial charge is 0.459 e. The fourth-order valence-electron chi connectivity index (χ4n) is 2.78. The van der Waals surface area contributed by atoms with Gasteiger partial charge in [-0.15, -0.1) is 0 Å². The van der Waals surface area contributed by atoms with Crippen LogP contribution in [0.5, 0.6) is 0 Å². The molecule has 5 heteroatoms. The summed E-state index contributed by atoms with van der Waals surface area (Å²) in [6.45, 7) is 11.0. The van der Waals surface area contributed by atoms with Crippen LogP contribution in [0.3, 0.4) is 0 Å². The predicted molar refractivity (Wildman–Crippen MR) is 107 cm³/mol. The van der Waals surface area contributed by atoms with E-state index in [0.717, 1.165) is 12.0 Å². The van der Waals surface area contributed by atoms with Gasteiger partial charge in [0.25, 0.3) is 5.79 Å². The monoisotopic (exact) mass is 378 g/mol. The number of Topliss-reactive ketones (excluding diaryl/α,β-unsaturated/α-hetero) is 1. The second kappa shape index (κ2) is 10.0. The van der Waals surface area contributed by atoms with Crippen molar-refractivity contribution in [3.8, 4) is 0 Å². The number of carbonyl (C=O) groups excluding carboxylic acids is 1. The van der Waals surface area contributed by atoms with Crippen LogP contribution in [-0.4, -0.2) is 39.1 Å². The summed E-state index contributed by atoms with van der Waals surface area (Å²) in [5.74, 6) is -1.50. The molecule has 0 bridgehead atoms. The van der Waals surface area contributed by atoms with Crippen LogP contribution in [0.2, 0.25) is 0 Å². The quantitative estimate of drug-likeness (QED) is 0.423. The fraction of sp³-hybridized carbons (Fsp3) is 0.591. The molecule has 0 radical (unpaired) electrons. The van der Waals surface area contributed by atoms with Gasteiger partial charge in [-0.2, -0.15) is 0 Å². The molecule has 1 aliphatic rings. The molecule has 0 saturated carbocycles. The van der Waals surface area contributed by atoms with E-state index in [1.54, 1.807) is 25.2 Å². The van der Waals surface area contributed by atoms with Gasteiger partial charge in [0.15, 0.2) is 0 Å². The van der Waals surface area contributed by atoms with E-state index in [9.17, 15) is 20.1 Å². The lowest BCUT2D eigenvalue weighted by Gasteiger charge is -2.17. The topological polar surface area (TPSA) is 87.0 Å². The highest BCUT2D eigenvalue weighted by Crippen LogP contribution is 2.30. The molecular weight excluding hydrogens is 344 g/mol. The van der Waals surface area contributed by atoms with Crippen LogP contribution in [0.15, 0.2) is 47.3 Å². The fourth-order valence-corrected chi connectivity index (χ4v) is 2.78. The molecule has 0 spiro atoms. The van der Waals surface area contributed by atoms with Gasteiger partial charge in [0.1, 0.15) is 5.76 Å². The van der Waals surface area contributed by atoms with Gasteiger partial charge in [0.2, 0.25) is 5.78 Å². The van der Waals surface area contributed by atoms with E-state index in [1.807, 2.05) is 19.9 Å². The summed E-state index contributed by atoms with van der Waals surface area (Å²) in [6, 6.07) is 0. The van der Waals surface area contributed by atoms with Crippen LogP contribution in [0, 0.1) is 11.8 Å². The normalized spacial score (nSPS) is 25.0. The summed E-state index contributed by atoms with van der Waals surface area (Å²) in [4.78, 5) is 11.8. The van der Waals surface area contributed by atoms with E-state index in [-0.39, 0.29) is 12.3 Å². The van der Waals surface area contributed by atoms with Crippen molar-refractivity contribution in [3.05, 3.63) is 47.3 Å². The molecule has 27 heavy (non-hydrogen) atoms. The van der Waals surface area contributed by atoms with E-state index in [1.165, 1.54) is 6.92 Å². The molecule has 0 aromatic heterocycles. The Kier molecular flexibility index (Phi) is 8.66. The summed E-state index contributed by atoms with van der Waals surface area (Å²) < 4.78 is 5.22. The van der Waals surface area contributed by atoms with Gasteiger partial charge in [-0.1, -0.05) is 51.2 Å². The smallest absolute Gasteiger partial charge is 0.269 e. The van der Waals surface area contributed by atoms with Gasteiger partial charge < -0.3 is 20.1 Å². The Hall–Kier alpha value is -1.69. The number of aliphatic hydroxyl groups excluding tert-OH is 2. The number of rotatable bonds is 9. The molecule has 0 aromatic carbocycles. The number of hydrogen-bond donors (Lipinski definition) is 3. The Labute approximate surface area is 162 Å². The van der Waals surface area contributed by atoms with E-state index >= 15 is 0 Å². The van der Waals surface area contributed by atoms with Crippen molar-refractivity contribution in [2.45, 2.75) is 72.4 Å². The van der Waals surface area contributed by atoms with Crippen molar-refractivity contribution < 1.29 is 24.9 Å². The zero-order valence-corrected chi connectivity index (χ0v) is 17.3. The second-order valence-electron chi connectivity index (χ2n) is 7.89. The Morgan fingerprint density at radius 1 is 1.19 bits per heavy atom. The highest BCUT2D eigenvalue weighted by molar-refractivity contribution is 6.02. The molecule has 1 aliphatic heterocycles. The zero-order valence-electron chi connectivity index (χ0n) is 17.3. The van der Waals surface area contributed by atoms with Crippen molar-refractivity contribution in [1.82, 2.24) is 0 Å². The number of carbonyl (C=O) groups is 1. The first-order valence-corrected chi connectivity index (χ1v) is 9.49. The first-order chi connectivity index (χ1) is 12.5. The molecule has 3 N–H and O–H groups in total. The molecule has 4 atom stereocenters. The third-order valence-electron chi connectivity index (χ3n) is 4.63. The van der Waals surface area contributed by atoms with Crippen LogP contribution >= 0.6 is 0 Å². The minimum absolute atomic E-state index is 0.0500. The molecule has 5 nitrogen and oxygen atoms in total. The van der Waals surface area contributed by atoms with Gasteiger partial charge >= 0.3 is 0 Å². The first kappa shape index (κ1) is 23.3. The molecule has 0 aliphatic carbocycles. The Morgan fingerprint density at radius 3 is 2.30 bits per heavy atom. The van der Waals surface area contributed by atoms with Crippen LogP contribution < -0.4 is 0 Å². The Morgan fingerprint density at radius 2 is 1.78 bits per heavy atom. The lowest BCUT2D eigenvalue weighted by Crippen LogP contribution is -2.32. The lowest BCUT2D eigenvalue weighted by atomic mass is 9.96. The number of hydrogen-bond acceptors (Lipinski definition) is 5. The van der Waals surface area contributed by atoms with E-state index in [2.05, 4.69) is 19.9 Å². The molecule has 0 saturated heterocycles. The summed E-state index contributed by atoms with van der Waals surface area (Å²) >= 11 is 0. The molecule has 1 rings (SSSR count). The standard InChI is InChI=1S/C22H34O5/c1-14(2)11-12-16(4)20(24)15(3)9-7-8-10-18(23)13-19-17(5)21(25)22(6,26)27-19/h7-10,12,14-15,18,20,23-24,26H,11,13H2,1-6H3/b9-7+,10-8-,16-12+/t15?,18-,20?,22?/m1/s1.